The van der Waals surface area contributed by atoms with Crippen molar-refractivity contribution in [1.29, 1.82) is 0 Å². The van der Waals surface area contributed by atoms with Crippen LogP contribution in [0.15, 0.2) is 188 Å². The molecule has 8 aromatic carbocycles. The third-order valence-electron chi connectivity index (χ3n) is 10.4. The molecule has 0 aliphatic carbocycles. The maximum Gasteiger partial charge on any atom is 0.256 e. The lowest BCUT2D eigenvalue weighted by molar-refractivity contribution is 0.488. The molecule has 0 saturated carbocycles. The van der Waals surface area contributed by atoms with Gasteiger partial charge in [-0.05, 0) is 80.1 Å². The van der Waals surface area contributed by atoms with E-state index in [1.165, 1.54) is 5.46 Å². The fraction of sp³-hybridized carbons (Fsp3) is 0. The van der Waals surface area contributed by atoms with Crippen LogP contribution in [0.5, 0.6) is 11.5 Å². The van der Waals surface area contributed by atoms with E-state index in [1.54, 1.807) is 0 Å². The lowest BCUT2D eigenvalue weighted by atomic mass is 9.34. The van der Waals surface area contributed by atoms with E-state index in [2.05, 4.69) is 187 Å². The molecule has 0 N–H and O–H groups in total. The number of anilines is 3. The van der Waals surface area contributed by atoms with Gasteiger partial charge in [-0.25, -0.2) is 0 Å². The molecule has 0 saturated heterocycles. The summed E-state index contributed by atoms with van der Waals surface area (Å²) >= 11 is 6.97. The first-order valence-corrected chi connectivity index (χ1v) is 18.0. The van der Waals surface area contributed by atoms with Crippen LogP contribution in [-0.4, -0.2) is 6.71 Å². The molecule has 2 heterocycles. The molecular formula is C48H31BClNO. The van der Waals surface area contributed by atoms with Gasteiger partial charge < -0.3 is 9.64 Å². The van der Waals surface area contributed by atoms with E-state index in [0.29, 0.717) is 5.02 Å². The SMILES string of the molecule is Clc1ccc2c(c1)N(c1c(-c3ccccc3)cccc1-c1ccccc1)c1cc(-c3ccccc3)cc3c1B2c1ccc(-c2ccccc2)cc1O3. The van der Waals surface area contributed by atoms with Crippen LogP contribution in [0.1, 0.15) is 0 Å². The molecule has 0 bridgehead atoms. The van der Waals surface area contributed by atoms with Crippen LogP contribution in [0.25, 0.3) is 44.5 Å². The van der Waals surface area contributed by atoms with Gasteiger partial charge in [0.25, 0.3) is 6.71 Å². The van der Waals surface area contributed by atoms with Gasteiger partial charge in [0.2, 0.25) is 0 Å². The molecule has 8 aromatic rings. The summed E-state index contributed by atoms with van der Waals surface area (Å²) in [6.45, 7) is -0.0593. The van der Waals surface area contributed by atoms with Crippen molar-refractivity contribution in [2.24, 2.45) is 0 Å². The largest absolute Gasteiger partial charge is 0.458 e. The highest BCUT2D eigenvalue weighted by molar-refractivity contribution is 6.99. The van der Waals surface area contributed by atoms with Crippen molar-refractivity contribution in [3.05, 3.63) is 193 Å². The zero-order chi connectivity index (χ0) is 34.6. The predicted molar refractivity (Wildman–Crippen MR) is 219 cm³/mol. The molecule has 0 radical (unpaired) electrons. The van der Waals surface area contributed by atoms with Gasteiger partial charge in [-0.2, -0.15) is 0 Å². The minimum Gasteiger partial charge on any atom is -0.458 e. The van der Waals surface area contributed by atoms with Gasteiger partial charge in [0.15, 0.2) is 0 Å². The monoisotopic (exact) mass is 683 g/mol. The molecule has 0 aromatic heterocycles. The molecular weight excluding hydrogens is 653 g/mol. The molecule has 2 aliphatic rings. The van der Waals surface area contributed by atoms with Crippen molar-refractivity contribution in [2.75, 3.05) is 4.90 Å². The second kappa shape index (κ2) is 12.5. The molecule has 2 aliphatic heterocycles. The molecule has 0 spiro atoms. The first kappa shape index (κ1) is 30.5. The van der Waals surface area contributed by atoms with Gasteiger partial charge in [0, 0.05) is 27.5 Å². The molecule has 0 unspecified atom stereocenters. The molecule has 52 heavy (non-hydrogen) atoms. The minimum atomic E-state index is -0.0593. The van der Waals surface area contributed by atoms with Crippen LogP contribution in [0.2, 0.25) is 5.02 Å². The Morgan fingerprint density at radius 2 is 0.942 bits per heavy atom. The molecule has 0 fully saturated rings. The number of para-hydroxylation sites is 1. The Morgan fingerprint density at radius 3 is 1.56 bits per heavy atom. The van der Waals surface area contributed by atoms with Crippen molar-refractivity contribution in [2.45, 2.75) is 0 Å². The van der Waals surface area contributed by atoms with Crippen molar-refractivity contribution >= 4 is 51.8 Å². The van der Waals surface area contributed by atoms with Crippen LogP contribution in [0, 0.1) is 0 Å². The van der Waals surface area contributed by atoms with Gasteiger partial charge in [0.05, 0.1) is 5.69 Å². The van der Waals surface area contributed by atoms with Crippen molar-refractivity contribution in [3.8, 4) is 56.0 Å². The highest BCUT2D eigenvalue weighted by atomic mass is 35.5. The number of fused-ring (bicyclic) bond motifs is 4. The van der Waals surface area contributed by atoms with E-state index in [1.807, 2.05) is 6.07 Å². The molecule has 0 atom stereocenters. The average Bonchev–Trinajstić information content (AvgIpc) is 3.21. The Kier molecular flexibility index (Phi) is 7.33. The van der Waals surface area contributed by atoms with E-state index in [0.717, 1.165) is 84.0 Å². The number of nitrogens with zero attached hydrogens (tertiary/aromatic N) is 1. The number of halogens is 1. The maximum absolute atomic E-state index is 7.05. The number of hydrogen-bond donors (Lipinski definition) is 0. The third kappa shape index (κ3) is 5.05. The van der Waals surface area contributed by atoms with Gasteiger partial charge >= 0.3 is 0 Å². The first-order chi connectivity index (χ1) is 25.7. The molecule has 0 amide bonds. The summed E-state index contributed by atoms with van der Waals surface area (Å²) in [5.74, 6) is 1.74. The Balaban J connectivity index is 1.30. The quantitative estimate of drug-likeness (QED) is 0.167. The third-order valence-corrected chi connectivity index (χ3v) is 10.6. The zero-order valence-corrected chi connectivity index (χ0v) is 29.0. The molecule has 4 heteroatoms. The van der Waals surface area contributed by atoms with Crippen molar-refractivity contribution < 1.29 is 4.74 Å². The zero-order valence-electron chi connectivity index (χ0n) is 28.2. The first-order valence-electron chi connectivity index (χ1n) is 17.7. The fourth-order valence-corrected chi connectivity index (χ4v) is 8.21. The fourth-order valence-electron chi connectivity index (χ4n) is 8.05. The summed E-state index contributed by atoms with van der Waals surface area (Å²) < 4.78 is 7.05. The lowest BCUT2D eigenvalue weighted by Crippen LogP contribution is -2.59. The normalized spacial score (nSPS) is 12.4. The average molecular weight is 684 g/mol. The van der Waals surface area contributed by atoms with Gasteiger partial charge in [-0.1, -0.05) is 169 Å². The summed E-state index contributed by atoms with van der Waals surface area (Å²) in [4.78, 5) is 2.44. The second-order valence-corrected chi connectivity index (χ2v) is 13.8. The van der Waals surface area contributed by atoms with Crippen LogP contribution < -0.4 is 26.0 Å². The van der Waals surface area contributed by atoms with E-state index in [9.17, 15) is 0 Å². The summed E-state index contributed by atoms with van der Waals surface area (Å²) in [5.41, 5.74) is 15.8. The lowest BCUT2D eigenvalue weighted by Gasteiger charge is -2.42. The minimum absolute atomic E-state index is 0.0593. The van der Waals surface area contributed by atoms with E-state index in [4.69, 9.17) is 16.3 Å². The van der Waals surface area contributed by atoms with Gasteiger partial charge in [-0.3, -0.25) is 0 Å². The summed E-state index contributed by atoms with van der Waals surface area (Å²) in [6, 6.07) is 66.7. The Morgan fingerprint density at radius 1 is 0.404 bits per heavy atom. The number of rotatable bonds is 5. The highest BCUT2D eigenvalue weighted by Crippen LogP contribution is 2.50. The number of ether oxygens (including phenoxy) is 1. The van der Waals surface area contributed by atoms with Crippen LogP contribution in [0.4, 0.5) is 17.1 Å². The maximum atomic E-state index is 7.05. The molecule has 10 rings (SSSR count). The van der Waals surface area contributed by atoms with Gasteiger partial charge in [-0.15, -0.1) is 0 Å². The Bertz CT molecular complexity index is 2550. The van der Waals surface area contributed by atoms with E-state index >= 15 is 0 Å². The predicted octanol–water partition coefficient (Wildman–Crippen LogP) is 11.4. The van der Waals surface area contributed by atoms with Crippen molar-refractivity contribution in [1.82, 2.24) is 0 Å². The highest BCUT2D eigenvalue weighted by Gasteiger charge is 2.43. The number of benzene rings is 8. The Labute approximate surface area is 309 Å². The van der Waals surface area contributed by atoms with Crippen LogP contribution in [-0.2, 0) is 0 Å². The summed E-state index contributed by atoms with van der Waals surface area (Å²) in [7, 11) is 0. The van der Waals surface area contributed by atoms with Gasteiger partial charge in [0.1, 0.15) is 11.5 Å². The van der Waals surface area contributed by atoms with Crippen LogP contribution >= 0.6 is 11.6 Å². The second-order valence-electron chi connectivity index (χ2n) is 13.4. The van der Waals surface area contributed by atoms with E-state index < -0.39 is 0 Å². The smallest absolute Gasteiger partial charge is 0.256 e. The van der Waals surface area contributed by atoms with E-state index in [-0.39, 0.29) is 6.71 Å². The summed E-state index contributed by atoms with van der Waals surface area (Å²) in [6.07, 6.45) is 0. The van der Waals surface area contributed by atoms with Crippen molar-refractivity contribution in [3.63, 3.8) is 0 Å². The van der Waals surface area contributed by atoms with Crippen LogP contribution in [0.3, 0.4) is 0 Å². The molecule has 244 valence electrons. The topological polar surface area (TPSA) is 12.5 Å². The number of hydrogen-bond acceptors (Lipinski definition) is 2. The standard InChI is InChI=1S/C48H31BClNO/c50-38-25-27-41-43(31-38)51(48-39(34-18-9-3-10-19-34)22-13-23-40(48)35-20-11-4-12-21-35)44-28-37(33-16-7-2-8-17-33)30-46-47(44)49(41)42-26-24-36(29-45(42)52-46)32-14-5-1-6-15-32/h1-31H. The molecule has 2 nitrogen and oxygen atoms in total. The summed E-state index contributed by atoms with van der Waals surface area (Å²) in [5, 5.41) is 0.691. The Hall–Kier alpha value is -6.29.